The summed E-state index contributed by atoms with van der Waals surface area (Å²) in [6.07, 6.45) is 8.67. The lowest BCUT2D eigenvalue weighted by Crippen LogP contribution is -2.38. The van der Waals surface area contributed by atoms with Crippen molar-refractivity contribution in [1.29, 1.82) is 0 Å². The monoisotopic (exact) mass is 409 g/mol. The number of oxazole rings is 1. The Balaban J connectivity index is 1.48. The van der Waals surface area contributed by atoms with E-state index in [4.69, 9.17) is 19.6 Å². The number of ether oxygens (including phenoxy) is 2. The molecular formula is C22H27N5O3. The highest BCUT2D eigenvalue weighted by Gasteiger charge is 2.25. The summed E-state index contributed by atoms with van der Waals surface area (Å²) >= 11 is 0. The number of hydrogen-bond donors (Lipinski definition) is 2. The molecular weight excluding hydrogens is 382 g/mol. The summed E-state index contributed by atoms with van der Waals surface area (Å²) < 4.78 is 18.9. The molecule has 0 aromatic carbocycles. The molecule has 3 N–H and O–H groups in total. The van der Waals surface area contributed by atoms with Crippen LogP contribution in [0.15, 0.2) is 28.9 Å². The van der Waals surface area contributed by atoms with Gasteiger partial charge in [-0.1, -0.05) is 6.92 Å². The first-order valence-electron chi connectivity index (χ1n) is 10.4. The van der Waals surface area contributed by atoms with Gasteiger partial charge in [0.1, 0.15) is 17.1 Å². The van der Waals surface area contributed by atoms with Gasteiger partial charge in [0.2, 0.25) is 0 Å². The average Bonchev–Trinajstić information content (AvgIpc) is 3.35. The number of nitrogens with two attached hydrogens (primary N) is 1. The van der Waals surface area contributed by atoms with Crippen LogP contribution in [0.2, 0.25) is 0 Å². The number of anilines is 1. The fourth-order valence-corrected chi connectivity index (χ4v) is 4.40. The maximum Gasteiger partial charge on any atom is 0.292 e. The Kier molecular flexibility index (Phi) is 5.06. The van der Waals surface area contributed by atoms with Crippen molar-refractivity contribution >= 4 is 23.3 Å². The lowest BCUT2D eigenvalue weighted by atomic mass is 9.88. The zero-order valence-electron chi connectivity index (χ0n) is 17.3. The van der Waals surface area contributed by atoms with Gasteiger partial charge in [-0.15, -0.1) is 0 Å². The number of allylic oxidation sites excluding steroid dienone is 1. The normalized spacial score (nSPS) is 20.9. The topological polar surface area (TPSA) is 99.8 Å². The molecule has 5 rings (SSSR count). The molecule has 0 bridgehead atoms. The second-order valence-electron chi connectivity index (χ2n) is 8.07. The SMILES string of the molecule is COC(NC1CCOCC1)c1cnc2ccc(C3=Cc4nc(N)oc4C(C)C3)cn12. The van der Waals surface area contributed by atoms with E-state index in [1.54, 1.807) is 7.11 Å². The quantitative estimate of drug-likeness (QED) is 0.623. The van der Waals surface area contributed by atoms with Crippen molar-refractivity contribution in [2.45, 2.75) is 44.4 Å². The molecule has 2 aliphatic rings. The molecule has 1 aliphatic heterocycles. The number of hydrogen-bond acceptors (Lipinski definition) is 7. The smallest absolute Gasteiger partial charge is 0.292 e. The van der Waals surface area contributed by atoms with Gasteiger partial charge in [-0.3, -0.25) is 9.72 Å². The Morgan fingerprint density at radius 2 is 2.13 bits per heavy atom. The summed E-state index contributed by atoms with van der Waals surface area (Å²) in [5.41, 5.74) is 10.8. The predicted molar refractivity (Wildman–Crippen MR) is 114 cm³/mol. The molecule has 4 heterocycles. The molecule has 1 fully saturated rings. The standard InChI is InChI=1S/C22H27N5O3/c1-13-9-15(10-17-20(13)30-22(23)26-17)14-3-4-19-24-11-18(27(19)12-14)21(28-2)25-16-5-7-29-8-6-16/h3-4,10-13,16,21,25H,5-9H2,1-2H3,(H2,23,26). The zero-order chi connectivity index (χ0) is 20.7. The zero-order valence-corrected chi connectivity index (χ0v) is 17.3. The highest BCUT2D eigenvalue weighted by atomic mass is 16.5. The second-order valence-corrected chi connectivity index (χ2v) is 8.07. The number of fused-ring (bicyclic) bond motifs is 2. The molecule has 0 amide bonds. The minimum absolute atomic E-state index is 0.221. The number of aromatic nitrogens is 3. The van der Waals surface area contributed by atoms with E-state index in [0.29, 0.717) is 6.04 Å². The van der Waals surface area contributed by atoms with Gasteiger partial charge in [-0.25, -0.2) is 4.98 Å². The van der Waals surface area contributed by atoms with Crippen LogP contribution in [-0.4, -0.2) is 40.7 Å². The summed E-state index contributed by atoms with van der Waals surface area (Å²) in [7, 11) is 1.72. The molecule has 158 valence electrons. The number of nitrogen functional groups attached to an aromatic ring is 1. The van der Waals surface area contributed by atoms with Crippen molar-refractivity contribution in [1.82, 2.24) is 19.7 Å². The summed E-state index contributed by atoms with van der Waals surface area (Å²) in [5, 5.41) is 3.61. The lowest BCUT2D eigenvalue weighted by molar-refractivity contribution is 0.0247. The van der Waals surface area contributed by atoms with Gasteiger partial charge in [0.25, 0.3) is 6.01 Å². The van der Waals surface area contributed by atoms with Crippen molar-refractivity contribution in [3.63, 3.8) is 0 Å². The van der Waals surface area contributed by atoms with Gasteiger partial charge >= 0.3 is 0 Å². The summed E-state index contributed by atoms with van der Waals surface area (Å²) in [5.74, 6) is 1.09. The van der Waals surface area contributed by atoms with Crippen molar-refractivity contribution < 1.29 is 13.9 Å². The van der Waals surface area contributed by atoms with Gasteiger partial charge in [0, 0.05) is 38.5 Å². The van der Waals surface area contributed by atoms with E-state index in [-0.39, 0.29) is 18.2 Å². The maximum atomic E-state index is 5.79. The predicted octanol–water partition coefficient (Wildman–Crippen LogP) is 3.37. The number of pyridine rings is 1. The fraction of sp³-hybridized carbons (Fsp3) is 0.455. The van der Waals surface area contributed by atoms with E-state index in [1.807, 2.05) is 12.3 Å². The van der Waals surface area contributed by atoms with Crippen LogP contribution >= 0.6 is 0 Å². The van der Waals surface area contributed by atoms with Gasteiger partial charge < -0.3 is 19.6 Å². The van der Waals surface area contributed by atoms with Gasteiger partial charge in [-0.2, -0.15) is 4.98 Å². The Morgan fingerprint density at radius 3 is 2.93 bits per heavy atom. The third-order valence-electron chi connectivity index (χ3n) is 6.00. The largest absolute Gasteiger partial charge is 0.428 e. The number of nitrogens with zero attached hydrogens (tertiary/aromatic N) is 3. The Hall–Kier alpha value is -2.68. The fourth-order valence-electron chi connectivity index (χ4n) is 4.40. The third kappa shape index (κ3) is 3.51. The Morgan fingerprint density at radius 1 is 1.30 bits per heavy atom. The maximum absolute atomic E-state index is 5.79. The third-order valence-corrected chi connectivity index (χ3v) is 6.00. The molecule has 30 heavy (non-hydrogen) atoms. The van der Waals surface area contributed by atoms with Crippen LogP contribution in [0.4, 0.5) is 6.01 Å². The average molecular weight is 409 g/mol. The number of imidazole rings is 1. The van der Waals surface area contributed by atoms with Crippen LogP contribution in [0.3, 0.4) is 0 Å². The molecule has 1 aliphatic carbocycles. The molecule has 3 aromatic heterocycles. The van der Waals surface area contributed by atoms with E-state index in [0.717, 1.165) is 60.8 Å². The van der Waals surface area contributed by atoms with Gasteiger partial charge in [0.15, 0.2) is 6.23 Å². The summed E-state index contributed by atoms with van der Waals surface area (Å²) in [4.78, 5) is 8.91. The Labute approximate surface area is 175 Å². The first-order valence-corrected chi connectivity index (χ1v) is 10.4. The molecule has 0 radical (unpaired) electrons. The molecule has 3 aromatic rings. The van der Waals surface area contributed by atoms with Crippen molar-refractivity contribution in [3.05, 3.63) is 47.2 Å². The lowest BCUT2D eigenvalue weighted by Gasteiger charge is -2.27. The summed E-state index contributed by atoms with van der Waals surface area (Å²) in [6.45, 7) is 3.70. The van der Waals surface area contributed by atoms with E-state index in [9.17, 15) is 0 Å². The summed E-state index contributed by atoms with van der Waals surface area (Å²) in [6, 6.07) is 4.74. The number of nitrogens with one attached hydrogen (secondary N) is 1. The van der Waals surface area contributed by atoms with E-state index < -0.39 is 0 Å². The molecule has 1 saturated heterocycles. The van der Waals surface area contributed by atoms with Crippen molar-refractivity contribution in [2.24, 2.45) is 0 Å². The number of rotatable bonds is 5. The van der Waals surface area contributed by atoms with Crippen LogP contribution in [0, 0.1) is 0 Å². The highest BCUT2D eigenvalue weighted by Crippen LogP contribution is 2.38. The van der Waals surface area contributed by atoms with Crippen LogP contribution in [0.1, 0.15) is 61.0 Å². The molecule has 2 atom stereocenters. The molecule has 8 heteroatoms. The van der Waals surface area contributed by atoms with Gasteiger partial charge in [0.05, 0.1) is 11.9 Å². The minimum atomic E-state index is -0.237. The number of methoxy groups -OCH3 is 1. The van der Waals surface area contributed by atoms with E-state index in [1.165, 1.54) is 5.57 Å². The van der Waals surface area contributed by atoms with Crippen LogP contribution < -0.4 is 11.1 Å². The molecule has 0 saturated carbocycles. The van der Waals surface area contributed by atoms with Crippen LogP contribution in [0.5, 0.6) is 0 Å². The first-order chi connectivity index (χ1) is 14.6. The second kappa shape index (κ2) is 7.86. The Bertz CT molecular complexity index is 1080. The molecule has 2 unspecified atom stereocenters. The first kappa shape index (κ1) is 19.3. The van der Waals surface area contributed by atoms with Gasteiger partial charge in [-0.05, 0) is 48.6 Å². The van der Waals surface area contributed by atoms with Crippen LogP contribution in [-0.2, 0) is 9.47 Å². The minimum Gasteiger partial charge on any atom is -0.428 e. The van der Waals surface area contributed by atoms with Crippen molar-refractivity contribution in [2.75, 3.05) is 26.1 Å². The van der Waals surface area contributed by atoms with Crippen LogP contribution in [0.25, 0.3) is 17.3 Å². The van der Waals surface area contributed by atoms with E-state index >= 15 is 0 Å². The molecule has 0 spiro atoms. The highest BCUT2D eigenvalue weighted by molar-refractivity contribution is 5.83. The molecule has 8 nitrogen and oxygen atoms in total. The van der Waals surface area contributed by atoms with Crippen molar-refractivity contribution in [3.8, 4) is 0 Å². The van der Waals surface area contributed by atoms with E-state index in [2.05, 4.69) is 44.9 Å².